The molecule has 2 aliphatic rings. The molecular weight excluding hydrogens is 260 g/mol. The Balaban J connectivity index is 0.000000218. The lowest BCUT2D eigenvalue weighted by atomic mass is 10.2. The second-order valence-corrected chi connectivity index (χ2v) is 6.32. The SMILES string of the molecule is C1CCCCCC1.CCCC1(OC)SC(N)=NC1=O. The molecule has 0 bridgehead atoms. The number of thioether (sulfide) groups is 1. The molecule has 110 valence electrons. The van der Waals surface area contributed by atoms with Crippen molar-refractivity contribution in [3.63, 3.8) is 0 Å². The predicted octanol–water partition coefficient (Wildman–Crippen LogP) is 3.45. The number of carbonyl (C=O) groups excluding carboxylic acids is 1. The first-order valence-electron chi connectivity index (χ1n) is 7.27. The lowest BCUT2D eigenvalue weighted by Gasteiger charge is -2.21. The number of nitrogens with two attached hydrogens (primary N) is 1. The van der Waals surface area contributed by atoms with Gasteiger partial charge in [0.25, 0.3) is 5.91 Å². The van der Waals surface area contributed by atoms with Crippen LogP contribution in [-0.2, 0) is 9.53 Å². The zero-order valence-corrected chi connectivity index (χ0v) is 12.9. The quantitative estimate of drug-likeness (QED) is 0.807. The number of ether oxygens (including phenoxy) is 1. The van der Waals surface area contributed by atoms with Crippen LogP contribution in [0.3, 0.4) is 0 Å². The van der Waals surface area contributed by atoms with Crippen molar-refractivity contribution in [2.24, 2.45) is 10.7 Å². The van der Waals surface area contributed by atoms with E-state index in [-0.39, 0.29) is 5.91 Å². The van der Waals surface area contributed by atoms with Gasteiger partial charge in [-0.2, -0.15) is 4.99 Å². The summed E-state index contributed by atoms with van der Waals surface area (Å²) in [6.07, 6.45) is 12.0. The predicted molar refractivity (Wildman–Crippen MR) is 81.2 cm³/mol. The molecule has 1 atom stereocenters. The average Bonchev–Trinajstić information content (AvgIpc) is 2.63. The fourth-order valence-corrected chi connectivity index (χ4v) is 3.37. The Kier molecular flexibility index (Phi) is 7.46. The van der Waals surface area contributed by atoms with Crippen LogP contribution in [0.15, 0.2) is 4.99 Å². The summed E-state index contributed by atoms with van der Waals surface area (Å²) in [5, 5.41) is 0.301. The number of amidine groups is 1. The summed E-state index contributed by atoms with van der Waals surface area (Å²) in [5.74, 6) is -0.269. The van der Waals surface area contributed by atoms with Gasteiger partial charge < -0.3 is 10.5 Å². The molecule has 0 aromatic heterocycles. The number of rotatable bonds is 3. The maximum Gasteiger partial charge on any atom is 0.291 e. The molecule has 0 aromatic carbocycles. The van der Waals surface area contributed by atoms with Gasteiger partial charge in [-0.15, -0.1) is 0 Å². The third-order valence-corrected chi connectivity index (χ3v) is 4.64. The number of methoxy groups -OCH3 is 1. The summed E-state index contributed by atoms with van der Waals surface area (Å²) in [6, 6.07) is 0. The summed E-state index contributed by atoms with van der Waals surface area (Å²) in [6.45, 7) is 1.99. The van der Waals surface area contributed by atoms with Crippen LogP contribution in [0.25, 0.3) is 0 Å². The first-order chi connectivity index (χ1) is 9.14. The van der Waals surface area contributed by atoms with Crippen molar-refractivity contribution >= 4 is 22.8 Å². The van der Waals surface area contributed by atoms with Crippen LogP contribution >= 0.6 is 11.8 Å². The highest BCUT2D eigenvalue weighted by atomic mass is 32.2. The molecule has 4 nitrogen and oxygen atoms in total. The fraction of sp³-hybridized carbons (Fsp3) is 0.857. The smallest absolute Gasteiger partial charge is 0.291 e. The maximum atomic E-state index is 11.3. The first kappa shape index (κ1) is 16.5. The van der Waals surface area contributed by atoms with E-state index >= 15 is 0 Å². The molecule has 1 amide bonds. The van der Waals surface area contributed by atoms with Gasteiger partial charge in [-0.1, -0.05) is 58.3 Å². The lowest BCUT2D eigenvalue weighted by molar-refractivity contribution is -0.130. The molecule has 2 rings (SSSR count). The van der Waals surface area contributed by atoms with Crippen molar-refractivity contribution in [1.82, 2.24) is 0 Å². The maximum absolute atomic E-state index is 11.3. The number of nitrogens with zero attached hydrogens (tertiary/aromatic N) is 1. The normalized spacial score (nSPS) is 27.3. The van der Waals surface area contributed by atoms with Gasteiger partial charge in [0.05, 0.1) is 0 Å². The highest BCUT2D eigenvalue weighted by Gasteiger charge is 2.44. The van der Waals surface area contributed by atoms with E-state index in [0.717, 1.165) is 6.42 Å². The molecule has 2 N–H and O–H groups in total. The van der Waals surface area contributed by atoms with Crippen LogP contribution < -0.4 is 5.73 Å². The van der Waals surface area contributed by atoms with E-state index in [1.54, 1.807) is 0 Å². The van der Waals surface area contributed by atoms with Gasteiger partial charge in [-0.25, -0.2) is 0 Å². The van der Waals surface area contributed by atoms with Crippen molar-refractivity contribution in [1.29, 1.82) is 0 Å². The molecule has 0 spiro atoms. The number of carbonyl (C=O) groups is 1. The number of hydrogen-bond acceptors (Lipinski definition) is 4. The van der Waals surface area contributed by atoms with Crippen molar-refractivity contribution in [2.75, 3.05) is 7.11 Å². The molecule has 1 unspecified atom stereocenters. The summed E-state index contributed by atoms with van der Waals surface area (Å²) in [7, 11) is 1.51. The summed E-state index contributed by atoms with van der Waals surface area (Å²) >= 11 is 1.20. The van der Waals surface area contributed by atoms with E-state index in [0.29, 0.717) is 11.6 Å². The van der Waals surface area contributed by atoms with Gasteiger partial charge in [-0.3, -0.25) is 4.79 Å². The van der Waals surface area contributed by atoms with Gasteiger partial charge in [0.2, 0.25) is 4.93 Å². The molecule has 1 saturated carbocycles. The summed E-state index contributed by atoms with van der Waals surface area (Å²) in [5.41, 5.74) is 5.42. The van der Waals surface area contributed by atoms with Crippen LogP contribution in [0, 0.1) is 0 Å². The summed E-state index contributed by atoms with van der Waals surface area (Å²) in [4.78, 5) is 14.1. The van der Waals surface area contributed by atoms with Crippen LogP contribution in [0.4, 0.5) is 0 Å². The van der Waals surface area contributed by atoms with Crippen molar-refractivity contribution in [3.8, 4) is 0 Å². The molecule has 0 radical (unpaired) electrons. The minimum Gasteiger partial charge on any atom is -0.378 e. The molecule has 0 saturated heterocycles. The average molecular weight is 286 g/mol. The Morgan fingerprint density at radius 1 is 1.21 bits per heavy atom. The van der Waals surface area contributed by atoms with E-state index in [1.807, 2.05) is 6.92 Å². The molecule has 1 aliphatic carbocycles. The third-order valence-electron chi connectivity index (χ3n) is 3.47. The van der Waals surface area contributed by atoms with Crippen molar-refractivity contribution in [3.05, 3.63) is 0 Å². The molecular formula is C14H26N2O2S. The molecule has 5 heteroatoms. The van der Waals surface area contributed by atoms with Gasteiger partial charge >= 0.3 is 0 Å². The van der Waals surface area contributed by atoms with Gasteiger partial charge in [-0.05, 0) is 18.2 Å². The molecule has 1 fully saturated rings. The van der Waals surface area contributed by atoms with Crippen molar-refractivity contribution in [2.45, 2.75) is 69.6 Å². The third kappa shape index (κ3) is 5.15. The van der Waals surface area contributed by atoms with E-state index in [1.165, 1.54) is 63.8 Å². The second-order valence-electron chi connectivity index (χ2n) is 5.04. The molecule has 1 aliphatic heterocycles. The van der Waals surface area contributed by atoms with Crippen molar-refractivity contribution < 1.29 is 9.53 Å². The zero-order chi connectivity index (χ0) is 14.1. The highest BCUT2D eigenvalue weighted by molar-refractivity contribution is 8.16. The molecule has 1 heterocycles. The monoisotopic (exact) mass is 286 g/mol. The van der Waals surface area contributed by atoms with Crippen LogP contribution in [-0.4, -0.2) is 23.1 Å². The largest absolute Gasteiger partial charge is 0.378 e. The number of amides is 1. The van der Waals surface area contributed by atoms with Crippen LogP contribution in [0.5, 0.6) is 0 Å². The van der Waals surface area contributed by atoms with E-state index in [4.69, 9.17) is 10.5 Å². The minimum atomic E-state index is -0.834. The zero-order valence-electron chi connectivity index (χ0n) is 12.1. The minimum absolute atomic E-state index is 0.269. The Morgan fingerprint density at radius 3 is 1.95 bits per heavy atom. The van der Waals surface area contributed by atoms with Crippen LogP contribution in [0.2, 0.25) is 0 Å². The highest BCUT2D eigenvalue weighted by Crippen LogP contribution is 2.37. The van der Waals surface area contributed by atoms with E-state index < -0.39 is 4.93 Å². The Bertz CT molecular complexity index is 301. The lowest BCUT2D eigenvalue weighted by Crippen LogP contribution is -2.33. The topological polar surface area (TPSA) is 64.7 Å². The standard InChI is InChI=1S/C7H12N2O2S.C7H14/c1-3-4-7(11-2)5(10)9-6(8)12-7;1-2-4-6-7-5-3-1/h3-4H2,1-2H3,(H2,8,9,10);1-7H2. The summed E-state index contributed by atoms with van der Waals surface area (Å²) < 4.78 is 5.14. The number of hydrogen-bond donors (Lipinski definition) is 1. The van der Waals surface area contributed by atoms with E-state index in [9.17, 15) is 4.79 Å². The number of aliphatic imine (C=N–C) groups is 1. The van der Waals surface area contributed by atoms with Gasteiger partial charge in [0.15, 0.2) is 5.17 Å². The van der Waals surface area contributed by atoms with E-state index in [2.05, 4.69) is 4.99 Å². The Labute approximate surface area is 120 Å². The fourth-order valence-electron chi connectivity index (χ4n) is 2.38. The van der Waals surface area contributed by atoms with Gasteiger partial charge in [0, 0.05) is 7.11 Å². The Hall–Kier alpha value is -0.550. The molecule has 19 heavy (non-hydrogen) atoms. The Morgan fingerprint density at radius 2 is 1.68 bits per heavy atom. The first-order valence-corrected chi connectivity index (χ1v) is 8.09. The van der Waals surface area contributed by atoms with Crippen LogP contribution in [0.1, 0.15) is 64.7 Å². The van der Waals surface area contributed by atoms with Gasteiger partial charge in [0.1, 0.15) is 0 Å². The molecule has 0 aromatic rings. The second kappa shape index (κ2) is 8.59.